The summed E-state index contributed by atoms with van der Waals surface area (Å²) in [6.45, 7) is 1.62. The summed E-state index contributed by atoms with van der Waals surface area (Å²) >= 11 is 0. The Hall–Kier alpha value is -3.83. The van der Waals surface area contributed by atoms with Crippen molar-refractivity contribution in [3.63, 3.8) is 0 Å². The molecule has 2 fully saturated rings. The second kappa shape index (κ2) is 13.5. The van der Waals surface area contributed by atoms with Crippen molar-refractivity contribution in [2.45, 2.75) is 57.2 Å². The second-order valence-corrected chi connectivity index (χ2v) is 9.51. The predicted molar refractivity (Wildman–Crippen MR) is 134 cm³/mol. The molecule has 0 bridgehead atoms. The molecule has 1 aliphatic heterocycles. The molecule has 1 aromatic carbocycles. The minimum absolute atomic E-state index is 0.000533. The number of ether oxygens (including phenoxy) is 1. The molecule has 37 heavy (non-hydrogen) atoms. The minimum atomic E-state index is -1.20. The highest BCUT2D eigenvalue weighted by atomic mass is 16.5. The summed E-state index contributed by atoms with van der Waals surface area (Å²) in [4.78, 5) is 53.0. The van der Waals surface area contributed by atoms with Crippen molar-refractivity contribution in [1.82, 2.24) is 20.4 Å². The Bertz CT molecular complexity index is 970. The Morgan fingerprint density at radius 2 is 1.92 bits per heavy atom. The van der Waals surface area contributed by atoms with Gasteiger partial charge >= 0.3 is 12.1 Å². The van der Waals surface area contributed by atoms with Gasteiger partial charge in [0, 0.05) is 32.2 Å². The summed E-state index contributed by atoms with van der Waals surface area (Å²) < 4.78 is 5.25. The van der Waals surface area contributed by atoms with E-state index in [1.807, 2.05) is 18.2 Å². The largest absolute Gasteiger partial charge is 0.481 e. The number of nitrogens with zero attached hydrogens (tertiary/aromatic N) is 2. The number of nitrogens with two attached hydrogens (primary N) is 1. The van der Waals surface area contributed by atoms with Crippen molar-refractivity contribution in [3.8, 4) is 0 Å². The molecule has 1 saturated heterocycles. The lowest BCUT2D eigenvalue weighted by Gasteiger charge is -2.33. The van der Waals surface area contributed by atoms with Gasteiger partial charge in [0.25, 0.3) is 0 Å². The van der Waals surface area contributed by atoms with Crippen LogP contribution in [0.15, 0.2) is 30.3 Å². The molecule has 12 heteroatoms. The van der Waals surface area contributed by atoms with Crippen LogP contribution in [0.1, 0.15) is 44.1 Å². The van der Waals surface area contributed by atoms with Crippen molar-refractivity contribution < 1.29 is 29.0 Å². The normalized spacial score (nSPS) is 17.8. The maximum absolute atomic E-state index is 13.3. The number of amides is 3. The molecule has 1 aromatic rings. The fraction of sp³-hybridized carbons (Fsp3) is 0.560. The number of hydrogen-bond acceptors (Lipinski definition) is 6. The van der Waals surface area contributed by atoms with Crippen molar-refractivity contribution in [2.24, 2.45) is 11.7 Å². The number of carbonyl (C=O) groups is 4. The molecule has 3 amide bonds. The first-order chi connectivity index (χ1) is 17.7. The van der Waals surface area contributed by atoms with Crippen LogP contribution >= 0.6 is 0 Å². The van der Waals surface area contributed by atoms with E-state index in [1.165, 1.54) is 4.90 Å². The molecule has 1 saturated carbocycles. The first kappa shape index (κ1) is 27.8. The fourth-order valence-electron chi connectivity index (χ4n) is 4.35. The molecule has 1 aliphatic carbocycles. The first-order valence-corrected chi connectivity index (χ1v) is 12.6. The second-order valence-electron chi connectivity index (χ2n) is 9.51. The molecule has 2 atom stereocenters. The average Bonchev–Trinajstić information content (AvgIpc) is 3.72. The lowest BCUT2D eigenvalue weighted by molar-refractivity contribution is -0.140. The van der Waals surface area contributed by atoms with E-state index in [1.54, 1.807) is 17.0 Å². The standard InChI is InChI=1S/C25H36N6O6/c26-24(27)30-11-4-7-18(15-30)14-28-21(32)13-20(23(35)31(19-8-9-19)12-10-22(33)34)29-25(36)37-16-17-5-2-1-3-6-17/h1-3,5-6,18-20H,4,7-16H2,(H3,26,27)(H,28,32)(H,29,36)(H,33,34)/t18-,20-/m0/s1. The number of likely N-dealkylation sites (tertiary alicyclic amines) is 1. The number of rotatable bonds is 12. The summed E-state index contributed by atoms with van der Waals surface area (Å²) in [5.74, 6) is -1.85. The van der Waals surface area contributed by atoms with Gasteiger partial charge in [0.1, 0.15) is 12.6 Å². The SMILES string of the molecule is N=C(N)N1CCC[C@@H](CNC(=O)C[C@H](NC(=O)OCc2ccccc2)C(=O)N(CCC(=O)O)C2CC2)C1. The average molecular weight is 517 g/mol. The van der Waals surface area contributed by atoms with Crippen molar-refractivity contribution >= 4 is 29.8 Å². The van der Waals surface area contributed by atoms with Gasteiger partial charge in [-0.15, -0.1) is 0 Å². The van der Waals surface area contributed by atoms with E-state index in [0.29, 0.717) is 19.6 Å². The van der Waals surface area contributed by atoms with Gasteiger partial charge < -0.3 is 36.0 Å². The van der Waals surface area contributed by atoms with Crippen LogP contribution in [0, 0.1) is 11.3 Å². The van der Waals surface area contributed by atoms with E-state index < -0.39 is 29.9 Å². The summed E-state index contributed by atoms with van der Waals surface area (Å²) in [7, 11) is 0. The molecule has 12 nitrogen and oxygen atoms in total. The zero-order chi connectivity index (χ0) is 26.8. The van der Waals surface area contributed by atoms with Crippen LogP contribution in [0.3, 0.4) is 0 Å². The summed E-state index contributed by atoms with van der Waals surface area (Å²) in [5.41, 5.74) is 6.35. The monoisotopic (exact) mass is 516 g/mol. The van der Waals surface area contributed by atoms with Crippen LogP contribution in [-0.2, 0) is 25.7 Å². The highest BCUT2D eigenvalue weighted by Gasteiger charge is 2.37. The number of carbonyl (C=O) groups excluding carboxylic acids is 3. The molecule has 3 rings (SSSR count). The van der Waals surface area contributed by atoms with Crippen LogP contribution in [0.25, 0.3) is 0 Å². The van der Waals surface area contributed by atoms with Crippen molar-refractivity contribution in [3.05, 3.63) is 35.9 Å². The number of hydrogen-bond donors (Lipinski definition) is 5. The van der Waals surface area contributed by atoms with Crippen molar-refractivity contribution in [2.75, 3.05) is 26.2 Å². The molecule has 2 aliphatic rings. The zero-order valence-corrected chi connectivity index (χ0v) is 20.9. The van der Waals surface area contributed by atoms with Gasteiger partial charge in [-0.3, -0.25) is 19.8 Å². The molecule has 6 N–H and O–H groups in total. The maximum atomic E-state index is 13.3. The van der Waals surface area contributed by atoms with Crippen molar-refractivity contribution in [1.29, 1.82) is 5.41 Å². The third kappa shape index (κ3) is 9.28. The minimum Gasteiger partial charge on any atom is -0.481 e. The number of carboxylic acid groups (broad SMARTS) is 1. The summed E-state index contributed by atoms with van der Waals surface area (Å²) in [6.07, 6.45) is 1.85. The Morgan fingerprint density at radius 3 is 2.57 bits per heavy atom. The van der Waals surface area contributed by atoms with Gasteiger partial charge in [-0.1, -0.05) is 30.3 Å². The van der Waals surface area contributed by atoms with E-state index in [0.717, 1.165) is 31.2 Å². The van der Waals surface area contributed by atoms with Gasteiger partial charge in [0.15, 0.2) is 5.96 Å². The number of alkyl carbamates (subject to hydrolysis) is 1. The third-order valence-corrected chi connectivity index (χ3v) is 6.48. The van der Waals surface area contributed by atoms with Gasteiger partial charge in [-0.2, -0.15) is 0 Å². The number of benzene rings is 1. The molecule has 202 valence electrons. The number of guanidine groups is 1. The molecule has 0 radical (unpaired) electrons. The molecule has 1 heterocycles. The molecule has 0 unspecified atom stereocenters. The van der Waals surface area contributed by atoms with Crippen LogP contribution in [0.4, 0.5) is 4.79 Å². The highest BCUT2D eigenvalue weighted by Crippen LogP contribution is 2.28. The fourth-order valence-corrected chi connectivity index (χ4v) is 4.35. The van der Waals surface area contributed by atoms with Gasteiger partial charge in [-0.25, -0.2) is 4.79 Å². The van der Waals surface area contributed by atoms with Crippen LogP contribution in [0.2, 0.25) is 0 Å². The summed E-state index contributed by atoms with van der Waals surface area (Å²) in [6, 6.07) is 7.75. The third-order valence-electron chi connectivity index (χ3n) is 6.48. The number of aliphatic carboxylic acids is 1. The number of nitrogens with one attached hydrogen (secondary N) is 3. The van der Waals surface area contributed by atoms with Gasteiger partial charge in [0.05, 0.1) is 12.8 Å². The van der Waals surface area contributed by atoms with E-state index in [-0.39, 0.29) is 43.9 Å². The quantitative estimate of drug-likeness (QED) is 0.200. The van der Waals surface area contributed by atoms with E-state index in [4.69, 9.17) is 21.0 Å². The van der Waals surface area contributed by atoms with E-state index in [9.17, 15) is 19.2 Å². The smallest absolute Gasteiger partial charge is 0.408 e. The molecular formula is C25H36N6O6. The van der Waals surface area contributed by atoms with Crippen LogP contribution in [0.5, 0.6) is 0 Å². The molecule has 0 spiro atoms. The topological polar surface area (TPSA) is 178 Å². The lowest BCUT2D eigenvalue weighted by Crippen LogP contribution is -2.52. The molecule has 0 aromatic heterocycles. The Labute approximate surface area is 216 Å². The maximum Gasteiger partial charge on any atom is 0.408 e. The highest BCUT2D eigenvalue weighted by molar-refractivity contribution is 5.91. The van der Waals surface area contributed by atoms with E-state index >= 15 is 0 Å². The van der Waals surface area contributed by atoms with Gasteiger partial charge in [-0.05, 0) is 37.2 Å². The first-order valence-electron chi connectivity index (χ1n) is 12.6. The summed E-state index contributed by atoms with van der Waals surface area (Å²) in [5, 5.41) is 22.0. The lowest BCUT2D eigenvalue weighted by atomic mass is 9.98. The zero-order valence-electron chi connectivity index (χ0n) is 20.9. The Morgan fingerprint density at radius 1 is 1.19 bits per heavy atom. The molecular weight excluding hydrogens is 480 g/mol. The van der Waals surface area contributed by atoms with E-state index in [2.05, 4.69) is 10.6 Å². The van der Waals surface area contributed by atoms with Crippen LogP contribution in [-0.4, -0.2) is 83.0 Å². The number of piperidine rings is 1. The van der Waals surface area contributed by atoms with Gasteiger partial charge in [0.2, 0.25) is 11.8 Å². The Balaban J connectivity index is 1.60. The predicted octanol–water partition coefficient (Wildman–Crippen LogP) is 0.859. The Kier molecular flexibility index (Phi) is 10.1. The number of carboxylic acids is 1. The van der Waals surface area contributed by atoms with Crippen LogP contribution < -0.4 is 16.4 Å².